The summed E-state index contributed by atoms with van der Waals surface area (Å²) in [7, 11) is 0. The van der Waals surface area contributed by atoms with E-state index in [0.717, 1.165) is 5.01 Å². The largest absolute Gasteiger partial charge is 0.379 e. The van der Waals surface area contributed by atoms with Crippen molar-refractivity contribution in [1.82, 2.24) is 10.4 Å². The van der Waals surface area contributed by atoms with Gasteiger partial charge in [0.15, 0.2) is 0 Å². The van der Waals surface area contributed by atoms with E-state index in [-0.39, 0.29) is 0 Å². The minimum Gasteiger partial charge on any atom is -0.379 e. The van der Waals surface area contributed by atoms with Gasteiger partial charge in [0.2, 0.25) is 0 Å². The van der Waals surface area contributed by atoms with Crippen molar-refractivity contribution in [3.8, 4) is 0 Å². The Morgan fingerprint density at radius 2 is 2.00 bits per heavy atom. The van der Waals surface area contributed by atoms with Gasteiger partial charge in [-0.15, -0.1) is 0 Å². The predicted molar refractivity (Wildman–Crippen MR) is 28.7 cm³/mol. The Hall–Kier alpha value is -0.850. The maximum atomic E-state index is 9.97. The van der Waals surface area contributed by atoms with Crippen LogP contribution in [0.2, 0.25) is 0 Å². The maximum absolute atomic E-state index is 9.97. The van der Waals surface area contributed by atoms with Gasteiger partial charge >= 0.3 is 6.03 Å². The quantitative estimate of drug-likeness (QED) is 0.260. The molecule has 54 valence electrons. The molecule has 2 amide bonds. The number of nitrogens with two attached hydrogens (primary N) is 1. The van der Waals surface area contributed by atoms with Crippen molar-refractivity contribution in [2.24, 2.45) is 5.73 Å². The highest BCUT2D eigenvalue weighted by atomic mass is 16.3. The van der Waals surface area contributed by atoms with Crippen LogP contribution in [-0.4, -0.2) is 34.7 Å². The van der Waals surface area contributed by atoms with E-state index in [0.29, 0.717) is 0 Å². The summed E-state index contributed by atoms with van der Waals surface area (Å²) in [6.07, 6.45) is 0. The lowest BCUT2D eigenvalue weighted by molar-refractivity contribution is 0.00201. The van der Waals surface area contributed by atoms with E-state index in [4.69, 9.17) is 10.2 Å². The minimum absolute atomic E-state index is 0.473. The number of aliphatic hydroxyl groups excluding tert-OH is 2. The Morgan fingerprint density at radius 1 is 1.56 bits per heavy atom. The van der Waals surface area contributed by atoms with E-state index >= 15 is 0 Å². The molecule has 6 nitrogen and oxygen atoms in total. The van der Waals surface area contributed by atoms with Gasteiger partial charge in [0.05, 0.1) is 0 Å². The summed E-state index contributed by atoms with van der Waals surface area (Å²) < 4.78 is 0. The smallest absolute Gasteiger partial charge is 0.326 e. The monoisotopic (exact) mass is 135 g/mol. The van der Waals surface area contributed by atoms with E-state index in [2.05, 4.69) is 5.73 Å². The molecule has 5 N–H and O–H groups in total. The second-order valence-electron chi connectivity index (χ2n) is 1.30. The number of hydrazine groups is 1. The molecule has 0 aliphatic carbocycles. The number of carbonyl (C=O) groups excluding carboxylic acids is 1. The molecule has 0 atom stereocenters. The summed E-state index contributed by atoms with van der Waals surface area (Å²) in [6, 6.07) is -0.821. The Balaban J connectivity index is 3.43. The zero-order chi connectivity index (χ0) is 7.28. The second-order valence-corrected chi connectivity index (χ2v) is 1.30. The number of carbonyl (C=O) groups is 1. The number of aliphatic hydroxyl groups is 2. The van der Waals surface area contributed by atoms with Gasteiger partial charge in [-0.05, 0) is 0 Å². The Kier molecular flexibility index (Phi) is 3.69. The van der Waals surface area contributed by atoms with Crippen LogP contribution in [0.15, 0.2) is 0 Å². The lowest BCUT2D eigenvalue weighted by Gasteiger charge is -2.14. The van der Waals surface area contributed by atoms with Crippen LogP contribution in [0.5, 0.6) is 0 Å². The molecule has 0 rings (SSSR count). The van der Waals surface area contributed by atoms with Crippen LogP contribution >= 0.6 is 0 Å². The van der Waals surface area contributed by atoms with Crippen molar-refractivity contribution in [2.45, 2.75) is 0 Å². The zero-order valence-electron chi connectivity index (χ0n) is 4.74. The van der Waals surface area contributed by atoms with Crippen LogP contribution in [-0.2, 0) is 0 Å². The molecule has 0 radical (unpaired) electrons. The van der Waals surface area contributed by atoms with Gasteiger partial charge < -0.3 is 15.9 Å². The lowest BCUT2D eigenvalue weighted by Crippen LogP contribution is -2.45. The van der Waals surface area contributed by atoms with Crippen molar-refractivity contribution >= 4 is 6.03 Å². The molecule has 0 aliphatic rings. The topological polar surface area (TPSA) is 98.8 Å². The molecule has 0 aliphatic heterocycles. The molecule has 0 unspecified atom stereocenters. The van der Waals surface area contributed by atoms with Crippen LogP contribution in [0.3, 0.4) is 0 Å². The van der Waals surface area contributed by atoms with Gasteiger partial charge in [-0.2, -0.15) is 5.01 Å². The van der Waals surface area contributed by atoms with Gasteiger partial charge in [0.1, 0.15) is 13.5 Å². The van der Waals surface area contributed by atoms with Crippen LogP contribution < -0.4 is 11.2 Å². The van der Waals surface area contributed by atoms with Crippen LogP contribution in [0.25, 0.3) is 0 Å². The third kappa shape index (κ3) is 3.71. The Bertz CT molecular complexity index is 92.3. The number of hydrogen-bond acceptors (Lipinski definition) is 4. The van der Waals surface area contributed by atoms with Gasteiger partial charge in [-0.25, -0.2) is 4.79 Å². The molecule has 0 saturated heterocycles. The summed E-state index contributed by atoms with van der Waals surface area (Å²) in [6.45, 7) is -0.946. The van der Waals surface area contributed by atoms with Crippen molar-refractivity contribution in [3.63, 3.8) is 0 Å². The van der Waals surface area contributed by atoms with E-state index < -0.39 is 19.5 Å². The third-order valence-corrected chi connectivity index (χ3v) is 0.610. The molecule has 0 fully saturated rings. The number of urea groups is 1. The molecule has 0 bridgehead atoms. The SMILES string of the molecule is NC(=O)NN(CO)CO. The Morgan fingerprint density at radius 3 is 2.11 bits per heavy atom. The summed E-state index contributed by atoms with van der Waals surface area (Å²) in [4.78, 5) is 9.97. The van der Waals surface area contributed by atoms with E-state index in [1.165, 1.54) is 0 Å². The fraction of sp³-hybridized carbons (Fsp3) is 0.667. The normalized spacial score (nSPS) is 9.67. The maximum Gasteiger partial charge on any atom is 0.326 e. The van der Waals surface area contributed by atoms with Crippen molar-refractivity contribution in [1.29, 1.82) is 0 Å². The minimum atomic E-state index is -0.821. The summed E-state index contributed by atoms with van der Waals surface area (Å²) >= 11 is 0. The average Bonchev–Trinajstić information content (AvgIpc) is 1.82. The molecule has 9 heavy (non-hydrogen) atoms. The standard InChI is InChI=1S/C3H9N3O3/c4-3(9)5-6(1-7)2-8/h7-8H,1-2H2,(H3,4,5,9). The van der Waals surface area contributed by atoms with Crippen LogP contribution in [0.4, 0.5) is 4.79 Å². The van der Waals surface area contributed by atoms with Gasteiger partial charge in [0.25, 0.3) is 0 Å². The number of primary amides is 1. The highest BCUT2D eigenvalue weighted by Gasteiger charge is 2.00. The summed E-state index contributed by atoms with van der Waals surface area (Å²) in [5.41, 5.74) is 6.58. The highest BCUT2D eigenvalue weighted by Crippen LogP contribution is 1.72. The highest BCUT2D eigenvalue weighted by molar-refractivity contribution is 5.70. The van der Waals surface area contributed by atoms with E-state index in [1.807, 2.05) is 5.43 Å². The number of nitrogens with one attached hydrogen (secondary N) is 1. The molecule has 0 aromatic carbocycles. The number of rotatable bonds is 3. The van der Waals surface area contributed by atoms with Crippen LogP contribution in [0.1, 0.15) is 0 Å². The molecule has 0 aromatic heterocycles. The molecular formula is C3H9N3O3. The Labute approximate surface area is 51.8 Å². The number of nitrogens with zero attached hydrogens (tertiary/aromatic N) is 1. The molecule has 0 aromatic rings. The predicted octanol–water partition coefficient (Wildman–Crippen LogP) is -2.23. The first-order valence-electron chi connectivity index (χ1n) is 2.23. The van der Waals surface area contributed by atoms with Crippen molar-refractivity contribution < 1.29 is 15.0 Å². The fourth-order valence-electron chi connectivity index (χ4n) is 0.271. The number of amides is 2. The lowest BCUT2D eigenvalue weighted by atomic mass is 11.0. The first-order chi connectivity index (χ1) is 4.20. The molecular weight excluding hydrogens is 126 g/mol. The number of hydrogen-bond donors (Lipinski definition) is 4. The first-order valence-corrected chi connectivity index (χ1v) is 2.23. The summed E-state index contributed by atoms with van der Waals surface area (Å²) in [5, 5.41) is 17.4. The average molecular weight is 135 g/mol. The van der Waals surface area contributed by atoms with Crippen molar-refractivity contribution in [3.05, 3.63) is 0 Å². The van der Waals surface area contributed by atoms with Crippen LogP contribution in [0, 0.1) is 0 Å². The van der Waals surface area contributed by atoms with E-state index in [9.17, 15) is 4.79 Å². The summed E-state index contributed by atoms with van der Waals surface area (Å²) in [5.74, 6) is 0. The zero-order valence-corrected chi connectivity index (χ0v) is 4.74. The first kappa shape index (κ1) is 8.15. The van der Waals surface area contributed by atoms with Gasteiger partial charge in [0, 0.05) is 0 Å². The third-order valence-electron chi connectivity index (χ3n) is 0.610. The molecule has 6 heteroatoms. The van der Waals surface area contributed by atoms with Gasteiger partial charge in [-0.3, -0.25) is 5.43 Å². The molecule has 0 spiro atoms. The fourth-order valence-corrected chi connectivity index (χ4v) is 0.271. The van der Waals surface area contributed by atoms with E-state index in [1.54, 1.807) is 0 Å². The molecule has 0 saturated carbocycles. The second kappa shape index (κ2) is 4.07. The molecule has 0 heterocycles. The van der Waals surface area contributed by atoms with Crippen molar-refractivity contribution in [2.75, 3.05) is 13.5 Å². The van der Waals surface area contributed by atoms with Gasteiger partial charge in [-0.1, -0.05) is 0 Å².